The minimum atomic E-state index is -2.02. The number of halogens is 1. The van der Waals surface area contributed by atoms with Crippen molar-refractivity contribution >= 4 is 29.6 Å². The Morgan fingerprint density at radius 1 is 1.48 bits per heavy atom. The van der Waals surface area contributed by atoms with E-state index in [0.717, 1.165) is 6.92 Å². The van der Waals surface area contributed by atoms with Crippen molar-refractivity contribution in [3.8, 4) is 5.75 Å². The molecule has 6 nitrogen and oxygen atoms in total. The summed E-state index contributed by atoms with van der Waals surface area (Å²) in [5, 5.41) is 21.2. The summed E-state index contributed by atoms with van der Waals surface area (Å²) in [5.41, 5.74) is -1.03. The average molecular weight is 312 g/mol. The summed E-state index contributed by atoms with van der Waals surface area (Å²) in [6, 6.07) is 5.05. The van der Waals surface area contributed by atoms with Gasteiger partial charge in [0, 0.05) is 10.6 Å². The van der Waals surface area contributed by atoms with Crippen LogP contribution in [0.5, 0.6) is 5.75 Å². The standard InChI is InChI=1S/C14H14ClNO5/c1-14(20,13(18)19)7-16-12(17)9-4-8-5-10(15)2-3-11(8)21-6-9/h2-5,20H,6-7H2,1H3,(H,16,17)(H,18,19). The molecule has 1 aromatic rings. The molecule has 7 heteroatoms. The van der Waals surface area contributed by atoms with E-state index in [2.05, 4.69) is 5.32 Å². The molecular formula is C14H14ClNO5. The van der Waals surface area contributed by atoms with Crippen molar-refractivity contribution < 1.29 is 24.5 Å². The first-order valence-corrected chi connectivity index (χ1v) is 6.54. The van der Waals surface area contributed by atoms with Gasteiger partial charge in [0.05, 0.1) is 12.1 Å². The summed E-state index contributed by atoms with van der Waals surface area (Å²) in [7, 11) is 0. The number of carboxylic acid groups (broad SMARTS) is 1. The fourth-order valence-corrected chi connectivity index (χ4v) is 1.90. The second-order valence-electron chi connectivity index (χ2n) is 4.90. The number of hydrogen-bond acceptors (Lipinski definition) is 4. The van der Waals surface area contributed by atoms with Gasteiger partial charge in [0.1, 0.15) is 12.4 Å². The third-order valence-corrected chi connectivity index (χ3v) is 3.27. The van der Waals surface area contributed by atoms with Crippen LogP contribution >= 0.6 is 11.6 Å². The first-order chi connectivity index (χ1) is 9.79. The van der Waals surface area contributed by atoms with E-state index in [1.165, 1.54) is 0 Å². The summed E-state index contributed by atoms with van der Waals surface area (Å²) < 4.78 is 5.43. The zero-order valence-electron chi connectivity index (χ0n) is 11.2. The van der Waals surface area contributed by atoms with Gasteiger partial charge in [-0.25, -0.2) is 4.79 Å². The lowest BCUT2D eigenvalue weighted by atomic mass is 10.1. The highest BCUT2D eigenvalue weighted by Crippen LogP contribution is 2.28. The number of fused-ring (bicyclic) bond motifs is 1. The topological polar surface area (TPSA) is 95.9 Å². The van der Waals surface area contributed by atoms with Gasteiger partial charge in [-0.15, -0.1) is 0 Å². The van der Waals surface area contributed by atoms with Crippen LogP contribution in [0.1, 0.15) is 12.5 Å². The Morgan fingerprint density at radius 2 is 2.19 bits per heavy atom. The molecule has 0 fully saturated rings. The van der Waals surface area contributed by atoms with Gasteiger partial charge in [-0.05, 0) is 31.2 Å². The lowest BCUT2D eigenvalue weighted by molar-refractivity contribution is -0.156. The third-order valence-electron chi connectivity index (χ3n) is 3.03. The van der Waals surface area contributed by atoms with E-state index in [9.17, 15) is 14.7 Å². The Kier molecular flexibility index (Phi) is 4.20. The molecule has 1 aromatic carbocycles. The van der Waals surface area contributed by atoms with Crippen molar-refractivity contribution in [2.24, 2.45) is 0 Å². The fourth-order valence-electron chi connectivity index (χ4n) is 1.72. The number of rotatable bonds is 4. The highest BCUT2D eigenvalue weighted by atomic mass is 35.5. The van der Waals surface area contributed by atoms with Crippen molar-refractivity contribution in [3.63, 3.8) is 0 Å². The second-order valence-corrected chi connectivity index (χ2v) is 5.34. The molecule has 1 atom stereocenters. The zero-order chi connectivity index (χ0) is 15.6. The van der Waals surface area contributed by atoms with Gasteiger partial charge in [0.15, 0.2) is 5.60 Å². The van der Waals surface area contributed by atoms with Crippen molar-refractivity contribution in [1.82, 2.24) is 5.32 Å². The van der Waals surface area contributed by atoms with Gasteiger partial charge < -0.3 is 20.3 Å². The Morgan fingerprint density at radius 3 is 2.86 bits per heavy atom. The largest absolute Gasteiger partial charge is 0.488 e. The molecule has 0 spiro atoms. The maximum Gasteiger partial charge on any atom is 0.337 e. The highest BCUT2D eigenvalue weighted by Gasteiger charge is 2.31. The van der Waals surface area contributed by atoms with E-state index in [1.807, 2.05) is 0 Å². The number of aliphatic hydroxyl groups is 1. The summed E-state index contributed by atoms with van der Waals surface area (Å²) in [5.74, 6) is -1.29. The van der Waals surface area contributed by atoms with Crippen LogP contribution in [0.3, 0.4) is 0 Å². The molecule has 3 N–H and O–H groups in total. The van der Waals surface area contributed by atoms with Gasteiger partial charge in [-0.3, -0.25) is 4.79 Å². The van der Waals surface area contributed by atoms with Gasteiger partial charge in [-0.1, -0.05) is 11.6 Å². The number of ether oxygens (including phenoxy) is 1. The van der Waals surface area contributed by atoms with E-state index in [1.54, 1.807) is 24.3 Å². The summed E-state index contributed by atoms with van der Waals surface area (Å²) >= 11 is 5.88. The fraction of sp³-hybridized carbons (Fsp3) is 0.286. The maximum atomic E-state index is 12.0. The Hall–Kier alpha value is -2.05. The Balaban J connectivity index is 2.09. The first-order valence-electron chi connectivity index (χ1n) is 6.16. The summed E-state index contributed by atoms with van der Waals surface area (Å²) in [4.78, 5) is 22.7. The number of carbonyl (C=O) groups is 2. The molecule has 1 heterocycles. The lowest BCUT2D eigenvalue weighted by Gasteiger charge is -2.21. The van der Waals surface area contributed by atoms with E-state index < -0.39 is 24.0 Å². The molecule has 0 saturated carbocycles. The van der Waals surface area contributed by atoms with Crippen LogP contribution in [-0.4, -0.2) is 40.8 Å². The Labute approximate surface area is 126 Å². The number of benzene rings is 1. The molecule has 1 amide bonds. The van der Waals surface area contributed by atoms with Crippen molar-refractivity contribution in [2.75, 3.05) is 13.2 Å². The van der Waals surface area contributed by atoms with Gasteiger partial charge in [-0.2, -0.15) is 0 Å². The molecule has 0 radical (unpaired) electrons. The van der Waals surface area contributed by atoms with Crippen molar-refractivity contribution in [1.29, 1.82) is 0 Å². The molecule has 1 aliphatic rings. The highest BCUT2D eigenvalue weighted by molar-refractivity contribution is 6.30. The van der Waals surface area contributed by atoms with Crippen LogP contribution in [-0.2, 0) is 9.59 Å². The number of carbonyl (C=O) groups excluding carboxylic acids is 1. The van der Waals surface area contributed by atoms with Crippen LogP contribution in [0, 0.1) is 0 Å². The number of aliphatic carboxylic acids is 1. The smallest absolute Gasteiger partial charge is 0.337 e. The number of hydrogen-bond donors (Lipinski definition) is 3. The van der Waals surface area contributed by atoms with Crippen LogP contribution in [0.15, 0.2) is 23.8 Å². The molecule has 1 unspecified atom stereocenters. The minimum absolute atomic E-state index is 0.0652. The molecule has 112 valence electrons. The minimum Gasteiger partial charge on any atom is -0.488 e. The molecule has 0 aliphatic carbocycles. The van der Waals surface area contributed by atoms with Crippen LogP contribution < -0.4 is 10.1 Å². The Bertz CT molecular complexity index is 624. The average Bonchev–Trinajstić information content (AvgIpc) is 2.43. The first kappa shape index (κ1) is 15.3. The molecular weight excluding hydrogens is 298 g/mol. The normalized spacial score (nSPS) is 16.0. The van der Waals surface area contributed by atoms with Crippen LogP contribution in [0.2, 0.25) is 5.02 Å². The zero-order valence-corrected chi connectivity index (χ0v) is 12.0. The second kappa shape index (κ2) is 5.75. The van der Waals surface area contributed by atoms with Gasteiger partial charge in [0.2, 0.25) is 0 Å². The van der Waals surface area contributed by atoms with Crippen molar-refractivity contribution in [2.45, 2.75) is 12.5 Å². The van der Waals surface area contributed by atoms with E-state index in [-0.39, 0.29) is 6.61 Å². The molecule has 2 rings (SSSR count). The number of amides is 1. The molecule has 0 aromatic heterocycles. The van der Waals surface area contributed by atoms with Crippen LogP contribution in [0.4, 0.5) is 0 Å². The van der Waals surface area contributed by atoms with E-state index >= 15 is 0 Å². The third kappa shape index (κ3) is 3.53. The SMILES string of the molecule is CC(O)(CNC(=O)C1=Cc2cc(Cl)ccc2OC1)C(=O)O. The molecule has 0 bridgehead atoms. The van der Waals surface area contributed by atoms with E-state index in [4.69, 9.17) is 21.4 Å². The number of carboxylic acids is 1. The van der Waals surface area contributed by atoms with Crippen LogP contribution in [0.25, 0.3) is 6.08 Å². The van der Waals surface area contributed by atoms with Crippen molar-refractivity contribution in [3.05, 3.63) is 34.4 Å². The van der Waals surface area contributed by atoms with E-state index in [0.29, 0.717) is 21.9 Å². The summed E-state index contributed by atoms with van der Waals surface area (Å²) in [6.45, 7) is 0.771. The molecule has 0 saturated heterocycles. The van der Waals surface area contributed by atoms with Gasteiger partial charge in [0.25, 0.3) is 5.91 Å². The lowest BCUT2D eigenvalue weighted by Crippen LogP contribution is -2.47. The maximum absolute atomic E-state index is 12.0. The predicted octanol–water partition coefficient (Wildman–Crippen LogP) is 1.07. The molecule has 1 aliphatic heterocycles. The number of nitrogens with one attached hydrogen (secondary N) is 1. The van der Waals surface area contributed by atoms with Gasteiger partial charge >= 0.3 is 5.97 Å². The quantitative estimate of drug-likeness (QED) is 0.773. The molecule has 21 heavy (non-hydrogen) atoms. The predicted molar refractivity (Wildman–Crippen MR) is 76.2 cm³/mol. The monoisotopic (exact) mass is 311 g/mol. The summed E-state index contributed by atoms with van der Waals surface area (Å²) in [6.07, 6.45) is 1.62.